The first-order valence-corrected chi connectivity index (χ1v) is 9.10. The van der Waals surface area contributed by atoms with E-state index in [2.05, 4.69) is 21.2 Å². The van der Waals surface area contributed by atoms with E-state index in [-0.39, 0.29) is 30.0 Å². The molecular formula is C17H17F6N5O4. The fraction of sp³-hybridized carbons (Fsp3) is 0.471. The van der Waals surface area contributed by atoms with Gasteiger partial charge in [-0.3, -0.25) is 4.79 Å². The van der Waals surface area contributed by atoms with Gasteiger partial charge in [0.1, 0.15) is 18.4 Å². The molecule has 3 aliphatic rings. The van der Waals surface area contributed by atoms with Gasteiger partial charge in [-0.2, -0.15) is 31.4 Å². The molecule has 0 aliphatic carbocycles. The molecule has 3 aliphatic heterocycles. The average molecular weight is 469 g/mol. The number of hydrogen-bond donors (Lipinski definition) is 4. The van der Waals surface area contributed by atoms with Crippen LogP contribution in [0.4, 0.5) is 37.7 Å². The van der Waals surface area contributed by atoms with Crippen LogP contribution in [-0.4, -0.2) is 60.8 Å². The highest BCUT2D eigenvalue weighted by atomic mass is 19.4. The number of halogens is 6. The Balaban J connectivity index is 0.000000360. The van der Waals surface area contributed by atoms with E-state index in [0.717, 1.165) is 6.07 Å². The molecule has 3 heterocycles. The van der Waals surface area contributed by atoms with Gasteiger partial charge < -0.3 is 25.4 Å². The molecule has 32 heavy (non-hydrogen) atoms. The zero-order valence-electron chi connectivity index (χ0n) is 16.3. The first kappa shape index (κ1) is 23.4. The number of anilines is 2. The summed E-state index contributed by atoms with van der Waals surface area (Å²) in [5.41, 5.74) is 1.97. The van der Waals surface area contributed by atoms with Crippen molar-refractivity contribution in [3.8, 4) is 5.75 Å². The zero-order valence-corrected chi connectivity index (χ0v) is 16.3. The number of aliphatic carboxylic acids is 1. The fourth-order valence-electron chi connectivity index (χ4n) is 3.04. The minimum absolute atomic E-state index is 0.00572. The molecule has 1 aromatic carbocycles. The van der Waals surface area contributed by atoms with Crippen molar-refractivity contribution in [3.63, 3.8) is 0 Å². The van der Waals surface area contributed by atoms with E-state index in [4.69, 9.17) is 14.6 Å². The minimum Gasteiger partial charge on any atom is -0.483 e. The number of amides is 1. The van der Waals surface area contributed by atoms with Gasteiger partial charge in [-0.15, -0.1) is 0 Å². The molecule has 9 nitrogen and oxygen atoms in total. The second kappa shape index (κ2) is 8.37. The lowest BCUT2D eigenvalue weighted by molar-refractivity contribution is -0.192. The summed E-state index contributed by atoms with van der Waals surface area (Å²) in [5, 5.41) is 17.0. The van der Waals surface area contributed by atoms with Crippen molar-refractivity contribution in [1.29, 1.82) is 0 Å². The maximum Gasteiger partial charge on any atom is 0.490 e. The lowest BCUT2D eigenvalue weighted by Crippen LogP contribution is -2.55. The summed E-state index contributed by atoms with van der Waals surface area (Å²) in [7, 11) is 0. The summed E-state index contributed by atoms with van der Waals surface area (Å²) < 4.78 is 77.5. The fourth-order valence-corrected chi connectivity index (χ4v) is 3.04. The largest absolute Gasteiger partial charge is 0.490 e. The van der Waals surface area contributed by atoms with E-state index in [1.807, 2.05) is 0 Å². The first-order chi connectivity index (χ1) is 14.8. The van der Waals surface area contributed by atoms with Gasteiger partial charge in [-0.25, -0.2) is 10.2 Å². The van der Waals surface area contributed by atoms with Gasteiger partial charge in [0.05, 0.1) is 17.3 Å². The maximum absolute atomic E-state index is 13.4. The molecule has 176 valence electrons. The molecule has 4 N–H and O–H groups in total. The number of ether oxygens (including phenoxy) is 1. The number of nitrogens with zero attached hydrogens (tertiary/aromatic N) is 2. The third kappa shape index (κ3) is 4.81. The molecule has 1 saturated heterocycles. The van der Waals surface area contributed by atoms with Gasteiger partial charge in [0.15, 0.2) is 5.84 Å². The van der Waals surface area contributed by atoms with Crippen molar-refractivity contribution in [3.05, 3.63) is 17.7 Å². The van der Waals surface area contributed by atoms with Crippen molar-refractivity contribution < 1.29 is 45.8 Å². The summed E-state index contributed by atoms with van der Waals surface area (Å²) in [5.74, 6) is -2.54. The van der Waals surface area contributed by atoms with Gasteiger partial charge >= 0.3 is 18.3 Å². The second-order valence-corrected chi connectivity index (χ2v) is 7.00. The number of amidine groups is 1. The average Bonchev–Trinajstić information content (AvgIpc) is 2.65. The minimum atomic E-state index is -5.08. The number of carbonyl (C=O) groups excluding carboxylic acids is 1. The van der Waals surface area contributed by atoms with Crippen LogP contribution in [-0.2, 0) is 15.8 Å². The van der Waals surface area contributed by atoms with Crippen LogP contribution >= 0.6 is 0 Å². The number of hydrazone groups is 1. The Morgan fingerprint density at radius 3 is 2.38 bits per heavy atom. The van der Waals surface area contributed by atoms with E-state index >= 15 is 0 Å². The van der Waals surface area contributed by atoms with Crippen LogP contribution in [0.2, 0.25) is 0 Å². The number of nitrogens with one attached hydrogen (secondary N) is 3. The van der Waals surface area contributed by atoms with Crippen molar-refractivity contribution in [2.24, 2.45) is 5.10 Å². The molecule has 1 fully saturated rings. The summed E-state index contributed by atoms with van der Waals surface area (Å²) in [6.07, 6.45) is -9.60. The van der Waals surface area contributed by atoms with Crippen molar-refractivity contribution in [2.45, 2.75) is 31.4 Å². The van der Waals surface area contributed by atoms with Gasteiger partial charge in [0, 0.05) is 18.8 Å². The molecule has 0 bridgehead atoms. The summed E-state index contributed by atoms with van der Waals surface area (Å²) in [6.45, 7) is 2.86. The highest BCUT2D eigenvalue weighted by Gasteiger charge is 2.40. The molecule has 1 atom stereocenters. The molecule has 1 unspecified atom stereocenters. The predicted molar refractivity (Wildman–Crippen MR) is 98.4 cm³/mol. The van der Waals surface area contributed by atoms with Crippen LogP contribution in [0.5, 0.6) is 5.75 Å². The highest BCUT2D eigenvalue weighted by molar-refractivity contribution is 6.09. The Bertz CT molecular complexity index is 945. The summed E-state index contributed by atoms with van der Waals surface area (Å²) in [6, 6.07) is 1.71. The molecule has 0 aromatic heterocycles. The van der Waals surface area contributed by atoms with Crippen molar-refractivity contribution in [1.82, 2.24) is 10.7 Å². The number of fused-ring (bicyclic) bond motifs is 3. The Hall–Kier alpha value is -3.23. The predicted octanol–water partition coefficient (Wildman–Crippen LogP) is 1.75. The Morgan fingerprint density at radius 2 is 1.88 bits per heavy atom. The third-order valence-corrected chi connectivity index (χ3v) is 4.74. The highest BCUT2D eigenvalue weighted by Crippen LogP contribution is 2.44. The second-order valence-electron chi connectivity index (χ2n) is 7.00. The normalized spacial score (nSPS) is 20.3. The number of rotatable bonds is 2. The number of carboxylic acids is 1. The number of hydrogen-bond acceptors (Lipinski definition) is 7. The Morgan fingerprint density at radius 1 is 1.25 bits per heavy atom. The summed E-state index contributed by atoms with van der Waals surface area (Å²) in [4.78, 5) is 22.4. The smallest absolute Gasteiger partial charge is 0.483 e. The van der Waals surface area contributed by atoms with Crippen LogP contribution < -0.4 is 25.7 Å². The number of carbonyl (C=O) groups is 2. The van der Waals surface area contributed by atoms with Crippen LogP contribution in [0.25, 0.3) is 0 Å². The maximum atomic E-state index is 13.4. The van der Waals surface area contributed by atoms with Gasteiger partial charge in [0.2, 0.25) is 0 Å². The molecule has 1 amide bonds. The van der Waals surface area contributed by atoms with Gasteiger partial charge in [-0.05, 0) is 19.1 Å². The van der Waals surface area contributed by atoms with Crippen molar-refractivity contribution in [2.75, 3.05) is 29.9 Å². The van der Waals surface area contributed by atoms with Crippen LogP contribution in [0, 0.1) is 0 Å². The van der Waals surface area contributed by atoms with Gasteiger partial charge in [-0.1, -0.05) is 0 Å². The van der Waals surface area contributed by atoms with Crippen LogP contribution in [0.1, 0.15) is 12.5 Å². The van der Waals surface area contributed by atoms with Gasteiger partial charge in [0.25, 0.3) is 5.91 Å². The zero-order chi connectivity index (χ0) is 23.8. The monoisotopic (exact) mass is 469 g/mol. The molecule has 4 rings (SSSR count). The van der Waals surface area contributed by atoms with Crippen molar-refractivity contribution >= 4 is 29.1 Å². The topological polar surface area (TPSA) is 115 Å². The molecular weight excluding hydrogens is 452 g/mol. The van der Waals surface area contributed by atoms with E-state index < -0.39 is 29.9 Å². The SMILES string of the molecule is CC1C(=O)NN=C2COc3cc(C(F)(F)F)c(NC4CNC4)cc3N21.O=C(O)C(F)(F)F. The van der Waals surface area contributed by atoms with Crippen LogP contribution in [0.3, 0.4) is 0 Å². The number of benzene rings is 1. The van der Waals surface area contributed by atoms with E-state index in [9.17, 15) is 31.1 Å². The molecule has 0 spiro atoms. The van der Waals surface area contributed by atoms with E-state index in [1.54, 1.807) is 11.8 Å². The Labute approximate surface area is 176 Å². The lowest BCUT2D eigenvalue weighted by atomic mass is 10.0. The van der Waals surface area contributed by atoms with E-state index in [1.165, 1.54) is 6.07 Å². The third-order valence-electron chi connectivity index (χ3n) is 4.74. The molecule has 0 radical (unpaired) electrons. The standard InChI is InChI=1S/C15H16F3N5O2.C2HF3O2/c1-7-14(24)22-21-13-6-25-12-2-9(15(16,17)18)10(3-11(12)23(7)13)20-8-4-19-5-8;3-2(4,5)1(6)7/h2-3,7-8,19-20H,4-6H2,1H3,(H,22,24);(H,6,7). The molecule has 15 heteroatoms. The van der Waals surface area contributed by atoms with Crippen LogP contribution in [0.15, 0.2) is 17.2 Å². The van der Waals surface area contributed by atoms with E-state index in [0.29, 0.717) is 24.6 Å². The quantitative estimate of drug-likeness (QED) is 0.488. The number of alkyl halides is 6. The summed E-state index contributed by atoms with van der Waals surface area (Å²) >= 11 is 0. The molecule has 0 saturated carbocycles. The Kier molecular flexibility index (Phi) is 6.13. The molecule has 1 aromatic rings. The first-order valence-electron chi connectivity index (χ1n) is 9.10. The number of carboxylic acid groups (broad SMARTS) is 1. The lowest BCUT2D eigenvalue weighted by Gasteiger charge is -2.39.